The van der Waals surface area contributed by atoms with E-state index in [2.05, 4.69) is 9.97 Å². The molecule has 1 aliphatic rings. The molecule has 0 spiro atoms. The van der Waals surface area contributed by atoms with Crippen molar-refractivity contribution in [3.8, 4) is 11.3 Å². The molecule has 0 aromatic carbocycles. The molecule has 0 amide bonds. The summed E-state index contributed by atoms with van der Waals surface area (Å²) in [5, 5.41) is 0. The lowest BCUT2D eigenvalue weighted by Crippen LogP contribution is -2.46. The lowest BCUT2D eigenvalue weighted by molar-refractivity contribution is 0.0976. The van der Waals surface area contributed by atoms with Crippen molar-refractivity contribution < 1.29 is 13.5 Å². The summed E-state index contributed by atoms with van der Waals surface area (Å²) in [6, 6.07) is 1.27. The zero-order valence-electron chi connectivity index (χ0n) is 12.8. The van der Waals surface area contributed by atoms with Crippen molar-refractivity contribution in [1.29, 1.82) is 0 Å². The van der Waals surface area contributed by atoms with Gasteiger partial charge in [0.25, 0.3) is 5.56 Å². The van der Waals surface area contributed by atoms with Gasteiger partial charge in [0, 0.05) is 25.4 Å². The first-order chi connectivity index (χ1) is 11.0. The van der Waals surface area contributed by atoms with Crippen LogP contribution in [0, 0.1) is 11.6 Å². The summed E-state index contributed by atoms with van der Waals surface area (Å²) in [6.07, 6.45) is 2.29. The number of halogens is 2. The van der Waals surface area contributed by atoms with Gasteiger partial charge in [0.15, 0.2) is 5.82 Å². The quantitative estimate of drug-likeness (QED) is 0.835. The number of aromatic nitrogens is 3. The van der Waals surface area contributed by atoms with E-state index in [1.807, 2.05) is 11.8 Å². The molecule has 1 fully saturated rings. The van der Waals surface area contributed by atoms with E-state index in [4.69, 9.17) is 4.74 Å². The minimum Gasteiger partial charge on any atom is -0.377 e. The van der Waals surface area contributed by atoms with E-state index >= 15 is 0 Å². The summed E-state index contributed by atoms with van der Waals surface area (Å²) < 4.78 is 34.8. The summed E-state index contributed by atoms with van der Waals surface area (Å²) in [7, 11) is 1.45. The van der Waals surface area contributed by atoms with Gasteiger partial charge in [0.05, 0.1) is 25.5 Å². The van der Waals surface area contributed by atoms with Gasteiger partial charge in [-0.15, -0.1) is 0 Å². The van der Waals surface area contributed by atoms with Crippen LogP contribution in [-0.4, -0.2) is 40.3 Å². The summed E-state index contributed by atoms with van der Waals surface area (Å²) >= 11 is 0. The second kappa shape index (κ2) is 6.04. The average Bonchev–Trinajstić information content (AvgIpc) is 2.55. The van der Waals surface area contributed by atoms with Crippen LogP contribution in [0.3, 0.4) is 0 Å². The molecule has 0 unspecified atom stereocenters. The van der Waals surface area contributed by atoms with E-state index in [0.29, 0.717) is 25.7 Å². The smallest absolute Gasteiger partial charge is 0.291 e. The highest BCUT2D eigenvalue weighted by molar-refractivity contribution is 5.61. The molecule has 2 aromatic heterocycles. The summed E-state index contributed by atoms with van der Waals surface area (Å²) in [6.45, 7) is 3.40. The van der Waals surface area contributed by atoms with Gasteiger partial charge in [0.1, 0.15) is 5.69 Å². The van der Waals surface area contributed by atoms with Crippen LogP contribution in [-0.2, 0) is 11.8 Å². The van der Waals surface area contributed by atoms with E-state index < -0.39 is 17.2 Å². The van der Waals surface area contributed by atoms with E-state index in [1.54, 1.807) is 0 Å². The van der Waals surface area contributed by atoms with Crippen molar-refractivity contribution in [3.63, 3.8) is 0 Å². The number of ether oxygens (including phenoxy) is 1. The van der Waals surface area contributed by atoms with Gasteiger partial charge in [-0.25, -0.2) is 9.37 Å². The number of nitrogens with zero attached hydrogens (tertiary/aromatic N) is 4. The van der Waals surface area contributed by atoms with Crippen LogP contribution in [0.1, 0.15) is 6.92 Å². The maximum absolute atomic E-state index is 14.3. The van der Waals surface area contributed by atoms with Crippen molar-refractivity contribution in [2.24, 2.45) is 7.05 Å². The van der Waals surface area contributed by atoms with Gasteiger partial charge in [-0.3, -0.25) is 14.3 Å². The molecule has 1 aliphatic heterocycles. The largest absolute Gasteiger partial charge is 0.377 e. The van der Waals surface area contributed by atoms with E-state index in [9.17, 15) is 13.6 Å². The average molecular weight is 322 g/mol. The molecule has 122 valence electrons. The fourth-order valence-corrected chi connectivity index (χ4v) is 2.59. The maximum atomic E-state index is 14.3. The number of rotatable bonds is 2. The third kappa shape index (κ3) is 2.70. The Kier molecular flexibility index (Phi) is 4.08. The Hall–Kier alpha value is -2.35. The van der Waals surface area contributed by atoms with Crippen molar-refractivity contribution in [2.75, 3.05) is 24.7 Å². The Morgan fingerprint density at radius 3 is 2.87 bits per heavy atom. The number of hydrogen-bond donors (Lipinski definition) is 0. The van der Waals surface area contributed by atoms with Crippen LogP contribution in [0.5, 0.6) is 0 Å². The molecule has 8 heteroatoms. The van der Waals surface area contributed by atoms with Crippen LogP contribution in [0.4, 0.5) is 14.7 Å². The topological polar surface area (TPSA) is 60.2 Å². The molecule has 3 rings (SSSR count). The van der Waals surface area contributed by atoms with Gasteiger partial charge in [0.2, 0.25) is 11.8 Å². The molecule has 1 atom stereocenters. The SMILES string of the molecule is C[C@@H]1COCCN1c1nc(-c2ccncc2F)c(F)c(=O)n1C. The third-order valence-corrected chi connectivity index (χ3v) is 3.86. The normalized spacial score (nSPS) is 18.3. The molecule has 0 saturated carbocycles. The summed E-state index contributed by atoms with van der Waals surface area (Å²) in [5.41, 5.74) is -1.24. The molecule has 1 saturated heterocycles. The van der Waals surface area contributed by atoms with Gasteiger partial charge < -0.3 is 9.64 Å². The molecule has 0 radical (unpaired) electrons. The monoisotopic (exact) mass is 322 g/mol. The summed E-state index contributed by atoms with van der Waals surface area (Å²) in [5.74, 6) is -1.52. The Labute approximate surface area is 131 Å². The molecule has 6 nitrogen and oxygen atoms in total. The Bertz CT molecular complexity index is 794. The minimum atomic E-state index is -1.08. The van der Waals surface area contributed by atoms with E-state index in [1.165, 1.54) is 19.3 Å². The lowest BCUT2D eigenvalue weighted by Gasteiger charge is -2.35. The Morgan fingerprint density at radius 1 is 1.39 bits per heavy atom. The van der Waals surface area contributed by atoms with Crippen molar-refractivity contribution in [1.82, 2.24) is 14.5 Å². The van der Waals surface area contributed by atoms with Gasteiger partial charge in [-0.1, -0.05) is 0 Å². The lowest BCUT2D eigenvalue weighted by atomic mass is 10.1. The zero-order chi connectivity index (χ0) is 16.6. The van der Waals surface area contributed by atoms with Crippen LogP contribution in [0.25, 0.3) is 11.3 Å². The molecule has 0 bridgehead atoms. The highest BCUT2D eigenvalue weighted by Crippen LogP contribution is 2.24. The highest BCUT2D eigenvalue weighted by Gasteiger charge is 2.26. The minimum absolute atomic E-state index is 0.0255. The molecular weight excluding hydrogens is 306 g/mol. The number of morpholine rings is 1. The third-order valence-electron chi connectivity index (χ3n) is 3.86. The number of anilines is 1. The molecule has 0 aliphatic carbocycles. The van der Waals surface area contributed by atoms with Crippen LogP contribution in [0.2, 0.25) is 0 Å². The van der Waals surface area contributed by atoms with Crippen molar-refractivity contribution in [2.45, 2.75) is 13.0 Å². The zero-order valence-corrected chi connectivity index (χ0v) is 12.8. The highest BCUT2D eigenvalue weighted by atomic mass is 19.1. The Morgan fingerprint density at radius 2 is 2.17 bits per heavy atom. The molecular formula is C15H16F2N4O2. The fourth-order valence-electron chi connectivity index (χ4n) is 2.59. The first-order valence-corrected chi connectivity index (χ1v) is 7.21. The molecule has 0 N–H and O–H groups in total. The Balaban J connectivity index is 2.19. The standard InChI is InChI=1S/C15H16F2N4O2/c1-9-8-23-6-5-21(9)15-19-13(12(17)14(22)20(15)2)10-3-4-18-7-11(10)16/h3-4,7,9H,5-6,8H2,1-2H3/t9-/m1/s1. The predicted molar refractivity (Wildman–Crippen MR) is 80.3 cm³/mol. The second-order valence-corrected chi connectivity index (χ2v) is 5.41. The van der Waals surface area contributed by atoms with Crippen molar-refractivity contribution in [3.05, 3.63) is 40.4 Å². The van der Waals surface area contributed by atoms with Crippen LogP contribution in [0.15, 0.2) is 23.3 Å². The first-order valence-electron chi connectivity index (χ1n) is 7.21. The van der Waals surface area contributed by atoms with E-state index in [0.717, 1.165) is 10.8 Å². The molecule has 3 heterocycles. The second-order valence-electron chi connectivity index (χ2n) is 5.41. The van der Waals surface area contributed by atoms with Crippen molar-refractivity contribution >= 4 is 5.95 Å². The van der Waals surface area contributed by atoms with Gasteiger partial charge in [-0.2, -0.15) is 4.39 Å². The predicted octanol–water partition coefficient (Wildman–Crippen LogP) is 1.35. The van der Waals surface area contributed by atoms with Crippen LogP contribution >= 0.6 is 0 Å². The summed E-state index contributed by atoms with van der Waals surface area (Å²) in [4.78, 5) is 21.9. The van der Waals surface area contributed by atoms with Gasteiger partial charge >= 0.3 is 0 Å². The van der Waals surface area contributed by atoms with Gasteiger partial charge in [-0.05, 0) is 13.0 Å². The maximum Gasteiger partial charge on any atom is 0.291 e. The van der Waals surface area contributed by atoms with Crippen LogP contribution < -0.4 is 10.5 Å². The molecule has 2 aromatic rings. The first kappa shape index (κ1) is 15.5. The van der Waals surface area contributed by atoms with E-state index in [-0.39, 0.29) is 17.3 Å². The fraction of sp³-hybridized carbons (Fsp3) is 0.400. The number of pyridine rings is 1. The number of hydrogen-bond acceptors (Lipinski definition) is 5. The molecule has 23 heavy (non-hydrogen) atoms.